The maximum Gasteiger partial charge on any atom is 0.243 e. The standard InChI is InChI=1S/C18H24N4O2S2/c1-14-11-15(2)17(16(3)12-14)26(23,24)22-9-7-20(8-10-22)13-21-6-4-5-19-18(21)25/h4-6,11-12H,7-10,13H2,1-3H3. The highest BCUT2D eigenvalue weighted by molar-refractivity contribution is 7.89. The molecule has 0 spiro atoms. The number of hydrogen-bond donors (Lipinski definition) is 0. The summed E-state index contributed by atoms with van der Waals surface area (Å²) in [5.41, 5.74) is 2.70. The fourth-order valence-electron chi connectivity index (χ4n) is 3.52. The molecule has 1 aromatic heterocycles. The van der Waals surface area contributed by atoms with Crippen LogP contribution in [0.15, 0.2) is 35.5 Å². The largest absolute Gasteiger partial charge is 0.310 e. The third-order valence-corrected chi connectivity index (χ3v) is 7.21. The van der Waals surface area contributed by atoms with E-state index in [2.05, 4.69) is 9.88 Å². The average molecular weight is 393 g/mol. The molecule has 1 aliphatic heterocycles. The first kappa shape index (κ1) is 19.2. The molecule has 2 aromatic rings. The molecule has 1 fully saturated rings. The van der Waals surface area contributed by atoms with Crippen LogP contribution < -0.4 is 0 Å². The zero-order valence-corrected chi connectivity index (χ0v) is 17.0. The van der Waals surface area contributed by atoms with Gasteiger partial charge < -0.3 is 4.57 Å². The molecule has 0 radical (unpaired) electrons. The Morgan fingerprint density at radius 3 is 2.27 bits per heavy atom. The van der Waals surface area contributed by atoms with Crippen LogP contribution in [0.25, 0.3) is 0 Å². The van der Waals surface area contributed by atoms with E-state index in [0.29, 0.717) is 42.5 Å². The summed E-state index contributed by atoms with van der Waals surface area (Å²) in [5.74, 6) is 0. The molecule has 0 bridgehead atoms. The summed E-state index contributed by atoms with van der Waals surface area (Å²) in [6.45, 7) is 8.63. The summed E-state index contributed by atoms with van der Waals surface area (Å²) >= 11 is 5.22. The number of hydrogen-bond acceptors (Lipinski definition) is 5. The molecule has 8 heteroatoms. The fourth-order valence-corrected chi connectivity index (χ4v) is 5.54. The van der Waals surface area contributed by atoms with Gasteiger partial charge in [0.05, 0.1) is 11.6 Å². The third-order valence-electron chi connectivity index (χ3n) is 4.67. The lowest BCUT2D eigenvalue weighted by atomic mass is 10.1. The van der Waals surface area contributed by atoms with Gasteiger partial charge >= 0.3 is 0 Å². The smallest absolute Gasteiger partial charge is 0.243 e. The van der Waals surface area contributed by atoms with Crippen LogP contribution in [0, 0.1) is 25.5 Å². The minimum Gasteiger partial charge on any atom is -0.310 e. The number of benzene rings is 1. The van der Waals surface area contributed by atoms with Crippen molar-refractivity contribution < 1.29 is 8.42 Å². The quantitative estimate of drug-likeness (QED) is 0.749. The van der Waals surface area contributed by atoms with Gasteiger partial charge in [0, 0.05) is 38.6 Å². The normalized spacial score (nSPS) is 16.7. The molecule has 26 heavy (non-hydrogen) atoms. The molecule has 0 amide bonds. The molecule has 0 aliphatic carbocycles. The second-order valence-corrected chi connectivity index (χ2v) is 9.00. The minimum atomic E-state index is -3.48. The predicted molar refractivity (Wildman–Crippen MR) is 104 cm³/mol. The van der Waals surface area contributed by atoms with E-state index in [1.807, 2.05) is 49.7 Å². The van der Waals surface area contributed by atoms with Crippen molar-refractivity contribution in [3.63, 3.8) is 0 Å². The van der Waals surface area contributed by atoms with E-state index in [-0.39, 0.29) is 0 Å². The zero-order valence-electron chi connectivity index (χ0n) is 15.3. The summed E-state index contributed by atoms with van der Waals surface area (Å²) in [4.78, 5) is 6.75. The van der Waals surface area contributed by atoms with E-state index in [0.717, 1.165) is 16.7 Å². The van der Waals surface area contributed by atoms with E-state index in [1.54, 1.807) is 10.5 Å². The first-order valence-corrected chi connectivity index (χ1v) is 10.5. The van der Waals surface area contributed by atoms with Gasteiger partial charge in [0.15, 0.2) is 0 Å². The van der Waals surface area contributed by atoms with Gasteiger partial charge in [-0.05, 0) is 50.2 Å². The highest BCUT2D eigenvalue weighted by atomic mass is 32.2. The lowest BCUT2D eigenvalue weighted by Crippen LogP contribution is -2.49. The molecule has 3 rings (SSSR count). The predicted octanol–water partition coefficient (Wildman–Crippen LogP) is 2.50. The van der Waals surface area contributed by atoms with Crippen LogP contribution in [0.1, 0.15) is 16.7 Å². The molecule has 1 aliphatic rings. The lowest BCUT2D eigenvalue weighted by molar-refractivity contribution is 0.150. The van der Waals surface area contributed by atoms with E-state index in [1.165, 1.54) is 0 Å². The molecular formula is C18H24N4O2S2. The van der Waals surface area contributed by atoms with Crippen LogP contribution in [0.4, 0.5) is 0 Å². The minimum absolute atomic E-state index is 0.450. The number of aromatic nitrogens is 2. The Balaban J connectivity index is 1.73. The van der Waals surface area contributed by atoms with Crippen molar-refractivity contribution in [1.29, 1.82) is 0 Å². The molecule has 1 saturated heterocycles. The van der Waals surface area contributed by atoms with Gasteiger partial charge in [-0.2, -0.15) is 4.31 Å². The fraction of sp³-hybridized carbons (Fsp3) is 0.444. The van der Waals surface area contributed by atoms with Crippen LogP contribution in [0.2, 0.25) is 0 Å². The number of nitrogens with zero attached hydrogens (tertiary/aromatic N) is 4. The molecule has 0 atom stereocenters. The van der Waals surface area contributed by atoms with Gasteiger partial charge in [0.2, 0.25) is 14.8 Å². The summed E-state index contributed by atoms with van der Waals surface area (Å²) in [6.07, 6.45) is 3.58. The monoisotopic (exact) mass is 392 g/mol. The Labute approximate surface area is 160 Å². The Morgan fingerprint density at radius 2 is 1.69 bits per heavy atom. The van der Waals surface area contributed by atoms with Crippen molar-refractivity contribution >= 4 is 22.2 Å². The third kappa shape index (κ3) is 3.88. The first-order valence-electron chi connectivity index (χ1n) is 8.61. The van der Waals surface area contributed by atoms with Crippen LogP contribution in [-0.2, 0) is 16.7 Å². The summed E-state index contributed by atoms with van der Waals surface area (Å²) in [7, 11) is -3.48. The van der Waals surface area contributed by atoms with Crippen molar-refractivity contribution in [2.24, 2.45) is 0 Å². The molecule has 0 unspecified atom stereocenters. The maximum absolute atomic E-state index is 13.1. The van der Waals surface area contributed by atoms with Gasteiger partial charge in [-0.15, -0.1) is 0 Å². The lowest BCUT2D eigenvalue weighted by Gasteiger charge is -2.34. The second kappa shape index (κ2) is 7.56. The van der Waals surface area contributed by atoms with Crippen molar-refractivity contribution in [2.75, 3.05) is 26.2 Å². The van der Waals surface area contributed by atoms with Gasteiger partial charge in [-0.25, -0.2) is 13.4 Å². The highest BCUT2D eigenvalue weighted by Gasteiger charge is 2.30. The number of aryl methyl sites for hydroxylation is 3. The van der Waals surface area contributed by atoms with Crippen molar-refractivity contribution in [3.8, 4) is 0 Å². The van der Waals surface area contributed by atoms with Crippen LogP contribution in [0.3, 0.4) is 0 Å². The van der Waals surface area contributed by atoms with Gasteiger partial charge in [-0.3, -0.25) is 4.90 Å². The van der Waals surface area contributed by atoms with E-state index >= 15 is 0 Å². The van der Waals surface area contributed by atoms with Gasteiger partial charge in [0.1, 0.15) is 0 Å². The molecular weight excluding hydrogens is 368 g/mol. The van der Waals surface area contributed by atoms with Gasteiger partial charge in [0.25, 0.3) is 0 Å². The van der Waals surface area contributed by atoms with Crippen LogP contribution in [0.5, 0.6) is 0 Å². The van der Waals surface area contributed by atoms with E-state index in [9.17, 15) is 8.42 Å². The summed E-state index contributed by atoms with van der Waals surface area (Å²) in [6, 6.07) is 5.71. The molecule has 140 valence electrons. The maximum atomic E-state index is 13.1. The van der Waals surface area contributed by atoms with Crippen molar-refractivity contribution in [3.05, 3.63) is 52.1 Å². The highest BCUT2D eigenvalue weighted by Crippen LogP contribution is 2.26. The Morgan fingerprint density at radius 1 is 1.08 bits per heavy atom. The first-order chi connectivity index (χ1) is 12.3. The van der Waals surface area contributed by atoms with E-state index in [4.69, 9.17) is 12.2 Å². The SMILES string of the molecule is Cc1cc(C)c(S(=O)(=O)N2CCN(Cn3cccnc3=S)CC2)c(C)c1. The number of rotatable bonds is 4. The van der Waals surface area contributed by atoms with E-state index < -0.39 is 10.0 Å². The van der Waals surface area contributed by atoms with Crippen LogP contribution in [-0.4, -0.2) is 53.4 Å². The second-order valence-electron chi connectivity index (χ2n) is 6.76. The Kier molecular flexibility index (Phi) is 5.57. The molecule has 6 nitrogen and oxygen atoms in total. The number of sulfonamides is 1. The molecule has 0 N–H and O–H groups in total. The van der Waals surface area contributed by atoms with Gasteiger partial charge in [-0.1, -0.05) is 17.7 Å². The summed E-state index contributed by atoms with van der Waals surface area (Å²) < 4.78 is 30.3. The molecule has 1 aromatic carbocycles. The molecule has 0 saturated carbocycles. The Bertz CT molecular complexity index is 938. The van der Waals surface area contributed by atoms with Crippen LogP contribution >= 0.6 is 12.2 Å². The summed E-state index contributed by atoms with van der Waals surface area (Å²) in [5, 5.41) is 0. The topological polar surface area (TPSA) is 58.4 Å². The average Bonchev–Trinajstić information content (AvgIpc) is 2.56. The Hall–Kier alpha value is -1.61. The zero-order chi connectivity index (χ0) is 18.9. The number of piperazine rings is 1. The molecule has 2 heterocycles. The van der Waals surface area contributed by atoms with Crippen molar-refractivity contribution in [1.82, 2.24) is 18.8 Å². The van der Waals surface area contributed by atoms with Crippen molar-refractivity contribution in [2.45, 2.75) is 32.3 Å².